The number of carbonyl (C=O) groups excluding carboxylic acids is 2. The van der Waals surface area contributed by atoms with Crippen molar-refractivity contribution < 1.29 is 24.2 Å². The van der Waals surface area contributed by atoms with Crippen molar-refractivity contribution in [1.82, 2.24) is 10.6 Å². The minimum absolute atomic E-state index is 0.0373. The lowest BCUT2D eigenvalue weighted by atomic mass is 9.98. The highest BCUT2D eigenvalue weighted by molar-refractivity contribution is 5.84. The van der Waals surface area contributed by atoms with Crippen LogP contribution < -0.4 is 10.6 Å². The molecule has 1 aliphatic rings. The molecule has 2 amide bonds. The van der Waals surface area contributed by atoms with Crippen LogP contribution in [-0.2, 0) is 14.3 Å². The van der Waals surface area contributed by atoms with E-state index in [9.17, 15) is 19.5 Å². The molecule has 0 saturated carbocycles. The van der Waals surface area contributed by atoms with E-state index in [4.69, 9.17) is 4.74 Å². The normalized spacial score (nSPS) is 15.1. The highest BCUT2D eigenvalue weighted by Gasteiger charge is 2.29. The third kappa shape index (κ3) is 5.28. The number of nitrogens with one attached hydrogen (secondary N) is 2. The molecule has 3 atom stereocenters. The first-order chi connectivity index (χ1) is 15.3. The summed E-state index contributed by atoms with van der Waals surface area (Å²) in [4.78, 5) is 36.0. The van der Waals surface area contributed by atoms with Crippen LogP contribution in [0.5, 0.6) is 0 Å². The number of ether oxygens (including phenoxy) is 1. The summed E-state index contributed by atoms with van der Waals surface area (Å²) >= 11 is 0. The molecule has 0 aliphatic heterocycles. The number of carboxylic acids is 1. The Morgan fingerprint density at radius 1 is 0.969 bits per heavy atom. The number of fused-ring (bicyclic) bond motifs is 3. The maximum absolute atomic E-state index is 12.3. The van der Waals surface area contributed by atoms with E-state index in [1.54, 1.807) is 13.8 Å². The molecule has 0 bridgehead atoms. The first kappa shape index (κ1) is 23.3. The van der Waals surface area contributed by atoms with Gasteiger partial charge in [-0.3, -0.25) is 4.79 Å². The molecule has 0 saturated heterocycles. The lowest BCUT2D eigenvalue weighted by molar-refractivity contribution is -0.143. The van der Waals surface area contributed by atoms with E-state index in [1.807, 2.05) is 43.3 Å². The minimum Gasteiger partial charge on any atom is -0.480 e. The zero-order chi connectivity index (χ0) is 23.3. The van der Waals surface area contributed by atoms with Gasteiger partial charge in [0.2, 0.25) is 5.91 Å². The molecule has 0 aromatic heterocycles. The van der Waals surface area contributed by atoms with Gasteiger partial charge in [0.15, 0.2) is 0 Å². The van der Waals surface area contributed by atoms with Crippen LogP contribution in [0.1, 0.15) is 50.7 Å². The van der Waals surface area contributed by atoms with Crippen molar-refractivity contribution in [3.8, 4) is 11.1 Å². The molecule has 1 aliphatic carbocycles. The topological polar surface area (TPSA) is 105 Å². The van der Waals surface area contributed by atoms with E-state index in [0.717, 1.165) is 22.3 Å². The van der Waals surface area contributed by atoms with Gasteiger partial charge in [0.05, 0.1) is 0 Å². The summed E-state index contributed by atoms with van der Waals surface area (Å²) in [6, 6.07) is 14.7. The van der Waals surface area contributed by atoms with Gasteiger partial charge in [0, 0.05) is 18.4 Å². The van der Waals surface area contributed by atoms with Crippen LogP contribution >= 0.6 is 0 Å². The summed E-state index contributed by atoms with van der Waals surface area (Å²) in [6.07, 6.45) is -0.0151. The smallest absolute Gasteiger partial charge is 0.407 e. The van der Waals surface area contributed by atoms with Crippen molar-refractivity contribution in [2.24, 2.45) is 5.92 Å². The zero-order valence-electron chi connectivity index (χ0n) is 18.6. The number of hydrogen-bond acceptors (Lipinski definition) is 4. The summed E-state index contributed by atoms with van der Waals surface area (Å²) in [5, 5.41) is 14.5. The van der Waals surface area contributed by atoms with Gasteiger partial charge in [-0.05, 0) is 35.1 Å². The van der Waals surface area contributed by atoms with Crippen LogP contribution in [0, 0.1) is 5.92 Å². The van der Waals surface area contributed by atoms with Crippen molar-refractivity contribution in [2.45, 2.75) is 51.6 Å². The number of aliphatic carboxylic acids is 1. The Kier molecular flexibility index (Phi) is 7.51. The van der Waals surface area contributed by atoms with E-state index in [0.29, 0.717) is 6.42 Å². The lowest BCUT2D eigenvalue weighted by Gasteiger charge is -2.21. The van der Waals surface area contributed by atoms with E-state index >= 15 is 0 Å². The summed E-state index contributed by atoms with van der Waals surface area (Å²) in [6.45, 7) is 5.51. The van der Waals surface area contributed by atoms with Gasteiger partial charge in [-0.1, -0.05) is 68.8 Å². The average molecular weight is 439 g/mol. The molecule has 3 rings (SSSR count). The Hall–Kier alpha value is -3.35. The second-order valence-corrected chi connectivity index (χ2v) is 8.34. The molecule has 2 aromatic rings. The minimum atomic E-state index is -1.06. The van der Waals surface area contributed by atoms with Gasteiger partial charge in [-0.2, -0.15) is 0 Å². The van der Waals surface area contributed by atoms with Gasteiger partial charge < -0.3 is 20.5 Å². The van der Waals surface area contributed by atoms with Crippen molar-refractivity contribution >= 4 is 18.0 Å². The second kappa shape index (κ2) is 10.3. The van der Waals surface area contributed by atoms with Gasteiger partial charge in [0.1, 0.15) is 12.6 Å². The van der Waals surface area contributed by atoms with Gasteiger partial charge in [0.25, 0.3) is 0 Å². The zero-order valence-corrected chi connectivity index (χ0v) is 18.6. The maximum atomic E-state index is 12.3. The number of rotatable bonds is 9. The van der Waals surface area contributed by atoms with Crippen molar-refractivity contribution in [3.05, 3.63) is 59.7 Å². The Balaban J connectivity index is 1.53. The molecule has 3 N–H and O–H groups in total. The Bertz CT molecular complexity index is 944. The summed E-state index contributed by atoms with van der Waals surface area (Å²) < 4.78 is 5.49. The average Bonchev–Trinajstić information content (AvgIpc) is 3.09. The highest BCUT2D eigenvalue weighted by Crippen LogP contribution is 2.44. The first-order valence-electron chi connectivity index (χ1n) is 11.0. The molecule has 0 radical (unpaired) electrons. The van der Waals surface area contributed by atoms with Crippen molar-refractivity contribution in [2.75, 3.05) is 6.61 Å². The molecule has 32 heavy (non-hydrogen) atoms. The van der Waals surface area contributed by atoms with E-state index in [1.165, 1.54) is 0 Å². The molecule has 170 valence electrons. The van der Waals surface area contributed by atoms with Gasteiger partial charge in [-0.15, -0.1) is 0 Å². The van der Waals surface area contributed by atoms with Crippen molar-refractivity contribution in [1.29, 1.82) is 0 Å². The fourth-order valence-corrected chi connectivity index (χ4v) is 4.09. The number of hydrogen-bond donors (Lipinski definition) is 3. The van der Waals surface area contributed by atoms with Gasteiger partial charge in [-0.25, -0.2) is 9.59 Å². The molecule has 2 aromatic carbocycles. The van der Waals surface area contributed by atoms with Crippen LogP contribution in [0.15, 0.2) is 48.5 Å². The number of carboxylic acid groups (broad SMARTS) is 1. The molecular weight excluding hydrogens is 408 g/mol. The van der Waals surface area contributed by atoms with Gasteiger partial charge >= 0.3 is 12.1 Å². The fourth-order valence-electron chi connectivity index (χ4n) is 4.09. The first-order valence-corrected chi connectivity index (χ1v) is 11.0. The third-order valence-corrected chi connectivity index (χ3v) is 6.00. The van der Waals surface area contributed by atoms with E-state index in [2.05, 4.69) is 22.8 Å². The van der Waals surface area contributed by atoms with Crippen LogP contribution in [0.3, 0.4) is 0 Å². The second-order valence-electron chi connectivity index (χ2n) is 8.34. The summed E-state index contributed by atoms with van der Waals surface area (Å²) in [5.41, 5.74) is 4.55. The predicted octanol–water partition coefficient (Wildman–Crippen LogP) is 3.92. The quantitative estimate of drug-likeness (QED) is 0.550. The lowest BCUT2D eigenvalue weighted by Crippen LogP contribution is -2.47. The predicted molar refractivity (Wildman–Crippen MR) is 121 cm³/mol. The van der Waals surface area contributed by atoms with Crippen LogP contribution in [0.2, 0.25) is 0 Å². The van der Waals surface area contributed by atoms with E-state index in [-0.39, 0.29) is 24.9 Å². The third-order valence-electron chi connectivity index (χ3n) is 6.00. The number of benzene rings is 2. The van der Waals surface area contributed by atoms with Crippen molar-refractivity contribution in [3.63, 3.8) is 0 Å². The largest absolute Gasteiger partial charge is 0.480 e. The highest BCUT2D eigenvalue weighted by atomic mass is 16.5. The van der Waals surface area contributed by atoms with Crippen LogP contribution in [0.25, 0.3) is 11.1 Å². The molecule has 0 fully saturated rings. The molecule has 7 nitrogen and oxygen atoms in total. The molecule has 7 heteroatoms. The maximum Gasteiger partial charge on any atom is 0.407 e. The van der Waals surface area contributed by atoms with Crippen LogP contribution in [0.4, 0.5) is 4.79 Å². The summed E-state index contributed by atoms with van der Waals surface area (Å²) in [7, 11) is 0. The van der Waals surface area contributed by atoms with E-state index < -0.39 is 30.1 Å². The Labute approximate surface area is 188 Å². The van der Waals surface area contributed by atoms with Crippen LogP contribution in [-0.4, -0.2) is 41.8 Å². The fraction of sp³-hybridized carbons (Fsp3) is 0.400. The molecule has 3 unspecified atom stereocenters. The number of carbonyl (C=O) groups is 3. The Morgan fingerprint density at radius 2 is 1.53 bits per heavy atom. The Morgan fingerprint density at radius 3 is 2.06 bits per heavy atom. The summed E-state index contributed by atoms with van der Waals surface area (Å²) in [5.74, 6) is -1.73. The monoisotopic (exact) mass is 438 g/mol. The SMILES string of the molecule is CCC(C)C(NC(=O)CC(C)NC(=O)OCC1c2ccccc2-c2ccccc21)C(=O)O. The number of alkyl carbamates (subject to hydrolysis) is 1. The molecule has 0 spiro atoms. The molecular formula is C25H30N2O5. The standard InChI is InChI=1S/C25H30N2O5/c1-4-15(2)23(24(29)30)27-22(28)13-16(3)26-25(31)32-14-21-19-11-7-5-9-17(19)18-10-6-8-12-20(18)21/h5-12,15-16,21,23H,4,13-14H2,1-3H3,(H,26,31)(H,27,28)(H,29,30). The number of amides is 2. The molecule has 0 heterocycles.